The van der Waals surface area contributed by atoms with Gasteiger partial charge in [0, 0.05) is 11.0 Å². The summed E-state index contributed by atoms with van der Waals surface area (Å²) in [7, 11) is 0. The number of benzene rings is 1. The zero-order valence-corrected chi connectivity index (χ0v) is 12.1. The number of amides is 1. The van der Waals surface area contributed by atoms with E-state index in [-0.39, 0.29) is 18.9 Å². The molecular weight excluding hydrogens is 310 g/mol. The number of halogens is 1. The third-order valence-electron chi connectivity index (χ3n) is 3.12. The minimum atomic E-state index is -0.954. The van der Waals surface area contributed by atoms with Crippen molar-refractivity contribution in [3.05, 3.63) is 34.3 Å². The van der Waals surface area contributed by atoms with Crippen LogP contribution in [0.4, 0.5) is 0 Å². The quantitative estimate of drug-likeness (QED) is 0.873. The molecule has 1 aliphatic rings. The summed E-state index contributed by atoms with van der Waals surface area (Å²) in [5.41, 5.74) is 0.902. The highest BCUT2D eigenvalue weighted by atomic mass is 79.9. The number of hydrogen-bond acceptors (Lipinski definition) is 2. The van der Waals surface area contributed by atoms with E-state index in [9.17, 15) is 9.59 Å². The number of carbonyl (C=O) groups is 2. The van der Waals surface area contributed by atoms with E-state index in [4.69, 9.17) is 5.11 Å². The van der Waals surface area contributed by atoms with Gasteiger partial charge in [-0.3, -0.25) is 9.59 Å². The van der Waals surface area contributed by atoms with Crippen LogP contribution in [0, 0.1) is 5.92 Å². The van der Waals surface area contributed by atoms with E-state index in [2.05, 4.69) is 15.9 Å². The van der Waals surface area contributed by atoms with Gasteiger partial charge in [-0.25, -0.2) is 0 Å². The molecule has 0 unspecified atom stereocenters. The van der Waals surface area contributed by atoms with Crippen molar-refractivity contribution in [3.63, 3.8) is 0 Å². The summed E-state index contributed by atoms with van der Waals surface area (Å²) in [5, 5.41) is 8.87. The van der Waals surface area contributed by atoms with Crippen LogP contribution in [-0.4, -0.2) is 35.0 Å². The standard InChI is InChI=1S/C14H16BrNO3/c15-12-5-3-10(4-6-12)7-13(17)16(9-14(18)19)8-11-1-2-11/h3-6,11H,1-2,7-9H2,(H,18,19). The van der Waals surface area contributed by atoms with Crippen molar-refractivity contribution in [1.29, 1.82) is 0 Å². The summed E-state index contributed by atoms with van der Waals surface area (Å²) in [5.74, 6) is -0.574. The van der Waals surface area contributed by atoms with Gasteiger partial charge in [0.05, 0.1) is 6.42 Å². The minimum absolute atomic E-state index is 0.114. The second-order valence-electron chi connectivity index (χ2n) is 4.91. The molecule has 0 radical (unpaired) electrons. The number of aliphatic carboxylic acids is 1. The molecule has 1 aliphatic carbocycles. The Morgan fingerprint density at radius 3 is 2.42 bits per heavy atom. The van der Waals surface area contributed by atoms with Crippen molar-refractivity contribution in [2.24, 2.45) is 5.92 Å². The molecule has 1 fully saturated rings. The Bertz CT molecular complexity index is 468. The van der Waals surface area contributed by atoms with Gasteiger partial charge in [-0.15, -0.1) is 0 Å². The fourth-order valence-corrected chi connectivity index (χ4v) is 2.18. The van der Waals surface area contributed by atoms with Gasteiger partial charge in [0.15, 0.2) is 0 Å². The predicted molar refractivity (Wildman–Crippen MR) is 74.8 cm³/mol. The maximum Gasteiger partial charge on any atom is 0.323 e. The highest BCUT2D eigenvalue weighted by Crippen LogP contribution is 2.29. The molecule has 0 aromatic heterocycles. The predicted octanol–water partition coefficient (Wildman–Crippen LogP) is 2.31. The monoisotopic (exact) mass is 325 g/mol. The van der Waals surface area contributed by atoms with Gasteiger partial charge >= 0.3 is 5.97 Å². The fourth-order valence-electron chi connectivity index (χ4n) is 1.92. The van der Waals surface area contributed by atoms with Crippen LogP contribution in [0.2, 0.25) is 0 Å². The van der Waals surface area contributed by atoms with E-state index in [0.29, 0.717) is 12.5 Å². The molecule has 2 rings (SSSR count). The molecule has 0 atom stereocenters. The zero-order chi connectivity index (χ0) is 13.8. The average molecular weight is 326 g/mol. The molecule has 1 aromatic rings. The Labute approximate surface area is 120 Å². The van der Waals surface area contributed by atoms with Gasteiger partial charge in [-0.2, -0.15) is 0 Å². The smallest absolute Gasteiger partial charge is 0.323 e. The highest BCUT2D eigenvalue weighted by molar-refractivity contribution is 9.10. The first-order valence-electron chi connectivity index (χ1n) is 6.28. The van der Waals surface area contributed by atoms with Gasteiger partial charge in [0.2, 0.25) is 5.91 Å². The number of nitrogens with zero attached hydrogens (tertiary/aromatic N) is 1. The van der Waals surface area contributed by atoms with Crippen LogP contribution < -0.4 is 0 Å². The molecule has 1 saturated carbocycles. The normalized spacial score (nSPS) is 14.2. The van der Waals surface area contributed by atoms with E-state index in [1.54, 1.807) is 0 Å². The Hall–Kier alpha value is -1.36. The summed E-state index contributed by atoms with van der Waals surface area (Å²) in [6.07, 6.45) is 2.46. The van der Waals surface area contributed by atoms with Crippen LogP contribution in [-0.2, 0) is 16.0 Å². The molecule has 0 bridgehead atoms. The van der Waals surface area contributed by atoms with Crippen LogP contribution in [0.15, 0.2) is 28.7 Å². The first-order valence-corrected chi connectivity index (χ1v) is 7.08. The number of carboxylic acid groups (broad SMARTS) is 1. The summed E-state index contributed by atoms with van der Waals surface area (Å²) < 4.78 is 0.962. The van der Waals surface area contributed by atoms with E-state index in [1.165, 1.54) is 4.90 Å². The molecule has 0 saturated heterocycles. The Morgan fingerprint density at radius 2 is 1.89 bits per heavy atom. The Kier molecular flexibility index (Phi) is 4.58. The first kappa shape index (κ1) is 14.1. The molecule has 19 heavy (non-hydrogen) atoms. The lowest BCUT2D eigenvalue weighted by Crippen LogP contribution is -2.38. The van der Waals surface area contributed by atoms with Crippen molar-refractivity contribution in [2.75, 3.05) is 13.1 Å². The van der Waals surface area contributed by atoms with E-state index < -0.39 is 5.97 Å². The molecule has 4 nitrogen and oxygen atoms in total. The van der Waals surface area contributed by atoms with Crippen molar-refractivity contribution in [3.8, 4) is 0 Å². The van der Waals surface area contributed by atoms with Crippen LogP contribution >= 0.6 is 15.9 Å². The molecule has 0 spiro atoms. The van der Waals surface area contributed by atoms with Gasteiger partial charge < -0.3 is 10.0 Å². The minimum Gasteiger partial charge on any atom is -0.480 e. The molecule has 102 valence electrons. The van der Waals surface area contributed by atoms with Gasteiger partial charge in [0.1, 0.15) is 6.54 Å². The second kappa shape index (κ2) is 6.19. The van der Waals surface area contributed by atoms with Crippen molar-refractivity contribution >= 4 is 27.8 Å². The fraction of sp³-hybridized carbons (Fsp3) is 0.429. The molecule has 1 amide bonds. The van der Waals surface area contributed by atoms with Crippen LogP contribution in [0.1, 0.15) is 18.4 Å². The number of carbonyl (C=O) groups excluding carboxylic acids is 1. The van der Waals surface area contributed by atoms with Gasteiger partial charge in [0.25, 0.3) is 0 Å². The molecule has 0 heterocycles. The number of rotatable bonds is 6. The molecule has 1 aromatic carbocycles. The van der Waals surface area contributed by atoms with Crippen molar-refractivity contribution in [1.82, 2.24) is 4.90 Å². The van der Waals surface area contributed by atoms with Crippen LogP contribution in [0.5, 0.6) is 0 Å². The first-order chi connectivity index (χ1) is 9.04. The Morgan fingerprint density at radius 1 is 1.26 bits per heavy atom. The lowest BCUT2D eigenvalue weighted by molar-refractivity contribution is -0.144. The van der Waals surface area contributed by atoms with Gasteiger partial charge in [-0.05, 0) is 36.5 Å². The maximum atomic E-state index is 12.1. The molecule has 1 N–H and O–H groups in total. The second-order valence-corrected chi connectivity index (χ2v) is 5.83. The third-order valence-corrected chi connectivity index (χ3v) is 3.65. The highest BCUT2D eigenvalue weighted by Gasteiger charge is 2.27. The lowest BCUT2D eigenvalue weighted by Gasteiger charge is -2.20. The lowest BCUT2D eigenvalue weighted by atomic mass is 10.1. The molecular formula is C14H16BrNO3. The summed E-state index contributed by atoms with van der Waals surface area (Å²) in [6.45, 7) is 0.369. The molecule has 5 heteroatoms. The third kappa shape index (κ3) is 4.67. The van der Waals surface area contributed by atoms with E-state index in [0.717, 1.165) is 22.9 Å². The van der Waals surface area contributed by atoms with E-state index in [1.807, 2.05) is 24.3 Å². The zero-order valence-electron chi connectivity index (χ0n) is 10.5. The summed E-state index contributed by atoms with van der Waals surface area (Å²) in [6, 6.07) is 7.51. The Balaban J connectivity index is 1.97. The van der Waals surface area contributed by atoms with Crippen LogP contribution in [0.25, 0.3) is 0 Å². The number of hydrogen-bond donors (Lipinski definition) is 1. The van der Waals surface area contributed by atoms with Gasteiger partial charge in [-0.1, -0.05) is 28.1 Å². The topological polar surface area (TPSA) is 57.6 Å². The maximum absolute atomic E-state index is 12.1. The average Bonchev–Trinajstić information content (AvgIpc) is 3.14. The van der Waals surface area contributed by atoms with E-state index >= 15 is 0 Å². The van der Waals surface area contributed by atoms with Crippen molar-refractivity contribution < 1.29 is 14.7 Å². The largest absolute Gasteiger partial charge is 0.480 e. The van der Waals surface area contributed by atoms with Crippen molar-refractivity contribution in [2.45, 2.75) is 19.3 Å². The van der Waals surface area contributed by atoms with Crippen LogP contribution in [0.3, 0.4) is 0 Å². The summed E-state index contributed by atoms with van der Waals surface area (Å²) in [4.78, 5) is 24.4. The number of carboxylic acids is 1. The molecule has 0 aliphatic heterocycles. The SMILES string of the molecule is O=C(O)CN(CC1CC1)C(=O)Cc1ccc(Br)cc1. The summed E-state index contributed by atoms with van der Waals surface area (Å²) >= 11 is 3.34.